The van der Waals surface area contributed by atoms with E-state index in [2.05, 4.69) is 10.6 Å². The first-order chi connectivity index (χ1) is 10.1. The van der Waals surface area contributed by atoms with Crippen molar-refractivity contribution >= 4 is 6.03 Å². The molecule has 5 heteroatoms. The second-order valence-corrected chi connectivity index (χ2v) is 4.62. The molecule has 0 spiro atoms. The maximum absolute atomic E-state index is 13.0. The molecule has 0 saturated carbocycles. The summed E-state index contributed by atoms with van der Waals surface area (Å²) in [4.78, 5) is 11.6. The van der Waals surface area contributed by atoms with Crippen molar-refractivity contribution in [3.05, 3.63) is 71.3 Å². The third-order valence-electron chi connectivity index (χ3n) is 2.95. The number of halogens is 2. The fourth-order valence-electron chi connectivity index (χ4n) is 1.86. The first-order valence-corrected chi connectivity index (χ1v) is 6.64. The lowest BCUT2D eigenvalue weighted by atomic mass is 10.1. The van der Waals surface area contributed by atoms with E-state index in [-0.39, 0.29) is 24.2 Å². The summed E-state index contributed by atoms with van der Waals surface area (Å²) in [6.45, 7) is 0.709. The van der Waals surface area contributed by atoms with Crippen LogP contribution in [0.1, 0.15) is 11.1 Å². The van der Waals surface area contributed by atoms with E-state index < -0.39 is 0 Å². The molecule has 0 radical (unpaired) electrons. The van der Waals surface area contributed by atoms with Crippen molar-refractivity contribution in [1.29, 1.82) is 0 Å². The van der Waals surface area contributed by atoms with Gasteiger partial charge in [0.1, 0.15) is 11.6 Å². The molecule has 0 heterocycles. The second-order valence-electron chi connectivity index (χ2n) is 4.62. The molecule has 2 aromatic rings. The minimum absolute atomic E-state index is 0.264. The van der Waals surface area contributed by atoms with Gasteiger partial charge in [-0.15, -0.1) is 0 Å². The van der Waals surface area contributed by atoms with E-state index in [4.69, 9.17) is 0 Å². The summed E-state index contributed by atoms with van der Waals surface area (Å²) in [5.74, 6) is -0.606. The first-order valence-electron chi connectivity index (χ1n) is 6.64. The van der Waals surface area contributed by atoms with E-state index in [1.54, 1.807) is 24.3 Å². The summed E-state index contributed by atoms with van der Waals surface area (Å²) < 4.78 is 25.7. The monoisotopic (exact) mass is 290 g/mol. The van der Waals surface area contributed by atoms with Gasteiger partial charge >= 0.3 is 6.03 Å². The lowest BCUT2D eigenvalue weighted by Gasteiger charge is -2.08. The molecule has 2 amide bonds. The molecule has 21 heavy (non-hydrogen) atoms. The van der Waals surface area contributed by atoms with Crippen LogP contribution in [-0.2, 0) is 13.0 Å². The van der Waals surface area contributed by atoms with Crippen LogP contribution in [0.2, 0.25) is 0 Å². The lowest BCUT2D eigenvalue weighted by molar-refractivity contribution is 0.240. The van der Waals surface area contributed by atoms with Gasteiger partial charge in [-0.1, -0.05) is 24.3 Å². The molecule has 0 bridgehead atoms. The molecule has 110 valence electrons. The number of amides is 2. The molecule has 0 fully saturated rings. The third-order valence-corrected chi connectivity index (χ3v) is 2.95. The van der Waals surface area contributed by atoms with Crippen molar-refractivity contribution in [2.45, 2.75) is 13.0 Å². The third kappa shape index (κ3) is 5.22. The zero-order chi connectivity index (χ0) is 15.1. The number of rotatable bonds is 5. The van der Waals surface area contributed by atoms with Crippen LogP contribution in [0.25, 0.3) is 0 Å². The number of hydrogen-bond acceptors (Lipinski definition) is 1. The molecule has 0 aromatic heterocycles. The maximum atomic E-state index is 13.0. The van der Waals surface area contributed by atoms with Crippen LogP contribution in [0.15, 0.2) is 48.5 Å². The highest BCUT2D eigenvalue weighted by Gasteiger charge is 2.01. The predicted octanol–water partition coefficient (Wildman–Crippen LogP) is 3.01. The highest BCUT2D eigenvalue weighted by atomic mass is 19.1. The Kier molecular flexibility index (Phi) is 5.26. The summed E-state index contributed by atoms with van der Waals surface area (Å²) in [7, 11) is 0. The smallest absolute Gasteiger partial charge is 0.315 e. The molecule has 2 aromatic carbocycles. The number of benzene rings is 2. The van der Waals surface area contributed by atoms with E-state index in [0.717, 1.165) is 5.56 Å². The standard InChI is InChI=1S/C16H16F2N2O/c17-14-6-4-12(5-7-14)8-9-19-16(21)20-11-13-2-1-3-15(18)10-13/h1-7,10H,8-9,11H2,(H2,19,20,21). The Morgan fingerprint density at radius 1 is 0.905 bits per heavy atom. The number of carbonyl (C=O) groups is 1. The van der Waals surface area contributed by atoms with E-state index in [0.29, 0.717) is 18.5 Å². The van der Waals surface area contributed by atoms with Crippen molar-refractivity contribution in [2.24, 2.45) is 0 Å². The fraction of sp³-hybridized carbons (Fsp3) is 0.188. The van der Waals surface area contributed by atoms with Gasteiger partial charge in [0.05, 0.1) is 0 Å². The molecule has 0 aliphatic heterocycles. The van der Waals surface area contributed by atoms with Gasteiger partial charge < -0.3 is 10.6 Å². The number of carbonyl (C=O) groups excluding carboxylic acids is 1. The Morgan fingerprint density at radius 2 is 1.67 bits per heavy atom. The van der Waals surface area contributed by atoms with E-state index >= 15 is 0 Å². The molecule has 2 rings (SSSR count). The Labute approximate surface area is 122 Å². The zero-order valence-electron chi connectivity index (χ0n) is 11.4. The molecular weight excluding hydrogens is 274 g/mol. The van der Waals surface area contributed by atoms with Crippen molar-refractivity contribution in [1.82, 2.24) is 10.6 Å². The number of hydrogen-bond donors (Lipinski definition) is 2. The topological polar surface area (TPSA) is 41.1 Å². The predicted molar refractivity (Wildman–Crippen MR) is 76.7 cm³/mol. The summed E-state index contributed by atoms with van der Waals surface area (Å²) in [6.07, 6.45) is 0.619. The maximum Gasteiger partial charge on any atom is 0.315 e. The molecule has 0 aliphatic carbocycles. The Balaban J connectivity index is 1.69. The van der Waals surface area contributed by atoms with Crippen molar-refractivity contribution in [2.75, 3.05) is 6.54 Å². The Morgan fingerprint density at radius 3 is 2.38 bits per heavy atom. The van der Waals surface area contributed by atoms with Crippen LogP contribution >= 0.6 is 0 Å². The van der Waals surface area contributed by atoms with Gasteiger partial charge in [0.15, 0.2) is 0 Å². The highest BCUT2D eigenvalue weighted by molar-refractivity contribution is 5.73. The van der Waals surface area contributed by atoms with Gasteiger partial charge in [0.2, 0.25) is 0 Å². The summed E-state index contributed by atoms with van der Waals surface area (Å²) in [5.41, 5.74) is 1.64. The van der Waals surface area contributed by atoms with Gasteiger partial charge in [-0.3, -0.25) is 0 Å². The van der Waals surface area contributed by atoms with Gasteiger partial charge in [-0.25, -0.2) is 13.6 Å². The summed E-state index contributed by atoms with van der Waals surface area (Å²) >= 11 is 0. The van der Waals surface area contributed by atoms with Gasteiger partial charge in [0.25, 0.3) is 0 Å². The molecule has 0 saturated heterocycles. The van der Waals surface area contributed by atoms with Crippen LogP contribution in [0.4, 0.5) is 13.6 Å². The average molecular weight is 290 g/mol. The molecular formula is C16H16F2N2O. The first kappa shape index (κ1) is 15.0. The average Bonchev–Trinajstić information content (AvgIpc) is 2.47. The van der Waals surface area contributed by atoms with Crippen molar-refractivity contribution in [3.8, 4) is 0 Å². The van der Waals surface area contributed by atoms with Crippen LogP contribution in [0.5, 0.6) is 0 Å². The zero-order valence-corrected chi connectivity index (χ0v) is 11.4. The minimum Gasteiger partial charge on any atom is -0.338 e. The van der Waals surface area contributed by atoms with Crippen LogP contribution in [-0.4, -0.2) is 12.6 Å². The highest BCUT2D eigenvalue weighted by Crippen LogP contribution is 2.03. The summed E-state index contributed by atoms with van der Waals surface area (Å²) in [6, 6.07) is 11.9. The van der Waals surface area contributed by atoms with Crippen LogP contribution in [0, 0.1) is 11.6 Å². The quantitative estimate of drug-likeness (QED) is 0.873. The van der Waals surface area contributed by atoms with E-state index in [1.807, 2.05) is 0 Å². The number of urea groups is 1. The molecule has 0 aliphatic rings. The fourth-order valence-corrected chi connectivity index (χ4v) is 1.86. The van der Waals surface area contributed by atoms with Crippen LogP contribution < -0.4 is 10.6 Å². The van der Waals surface area contributed by atoms with Crippen LogP contribution in [0.3, 0.4) is 0 Å². The largest absolute Gasteiger partial charge is 0.338 e. The van der Waals surface area contributed by atoms with Gasteiger partial charge in [0, 0.05) is 13.1 Å². The van der Waals surface area contributed by atoms with Gasteiger partial charge in [-0.05, 0) is 41.8 Å². The van der Waals surface area contributed by atoms with E-state index in [1.165, 1.54) is 24.3 Å². The molecule has 2 N–H and O–H groups in total. The second kappa shape index (κ2) is 7.38. The van der Waals surface area contributed by atoms with Gasteiger partial charge in [-0.2, -0.15) is 0 Å². The molecule has 0 unspecified atom stereocenters. The van der Waals surface area contributed by atoms with E-state index in [9.17, 15) is 13.6 Å². The minimum atomic E-state index is -0.328. The Bertz CT molecular complexity index is 599. The Hall–Kier alpha value is -2.43. The van der Waals surface area contributed by atoms with Crippen molar-refractivity contribution in [3.63, 3.8) is 0 Å². The normalized spacial score (nSPS) is 10.2. The van der Waals surface area contributed by atoms with Crippen molar-refractivity contribution < 1.29 is 13.6 Å². The molecule has 0 atom stereocenters. The molecule has 3 nitrogen and oxygen atoms in total. The summed E-state index contributed by atoms with van der Waals surface area (Å²) in [5, 5.41) is 5.34. The SMILES string of the molecule is O=C(NCCc1ccc(F)cc1)NCc1cccc(F)c1. The lowest BCUT2D eigenvalue weighted by Crippen LogP contribution is -2.36. The number of nitrogens with one attached hydrogen (secondary N) is 2.